The molecule has 0 amide bonds. The summed E-state index contributed by atoms with van der Waals surface area (Å²) in [6, 6.07) is 13.4. The molecule has 0 radical (unpaired) electrons. The van der Waals surface area contributed by atoms with Gasteiger partial charge in [-0.3, -0.25) is 20.0 Å². The topological polar surface area (TPSA) is 112 Å². The van der Waals surface area contributed by atoms with E-state index in [1.165, 1.54) is 0 Å². The number of halogens is 2. The maximum Gasteiger partial charge on any atom is 0.261 e. The Balaban J connectivity index is 1.24. The molecule has 0 atom stereocenters. The average molecular weight is 510 g/mol. The second kappa shape index (κ2) is 8.73. The van der Waals surface area contributed by atoms with Gasteiger partial charge < -0.3 is 4.98 Å². The maximum atomic E-state index is 13.6. The third-order valence-corrected chi connectivity index (χ3v) is 6.71. The van der Waals surface area contributed by atoms with Gasteiger partial charge in [-0.05, 0) is 42.0 Å². The Kier molecular flexibility index (Phi) is 5.18. The molecule has 38 heavy (non-hydrogen) atoms. The molecule has 7 heterocycles. The van der Waals surface area contributed by atoms with Crippen molar-refractivity contribution in [2.45, 2.75) is 18.9 Å². The number of fused-ring (bicyclic) bond motifs is 2. The van der Waals surface area contributed by atoms with E-state index in [0.29, 0.717) is 41.5 Å². The van der Waals surface area contributed by atoms with Crippen molar-refractivity contribution >= 4 is 22.2 Å². The van der Waals surface area contributed by atoms with Gasteiger partial charge in [-0.2, -0.15) is 5.10 Å². The lowest BCUT2D eigenvalue weighted by molar-refractivity contribution is 0.0115. The van der Waals surface area contributed by atoms with Crippen LogP contribution < -0.4 is 0 Å². The molecule has 1 saturated heterocycles. The maximum absolute atomic E-state index is 13.6. The van der Waals surface area contributed by atoms with Crippen LogP contribution in [0.4, 0.5) is 8.78 Å². The lowest BCUT2D eigenvalue weighted by atomic mass is 10.1. The molecular weight excluding hydrogens is 488 g/mol. The summed E-state index contributed by atoms with van der Waals surface area (Å²) in [7, 11) is 0. The van der Waals surface area contributed by atoms with Crippen molar-refractivity contribution in [3.05, 3.63) is 72.8 Å². The summed E-state index contributed by atoms with van der Waals surface area (Å²) < 4.78 is 27.2. The molecule has 2 N–H and O–H groups in total. The predicted octanol–water partition coefficient (Wildman–Crippen LogP) is 4.86. The van der Waals surface area contributed by atoms with Crippen LogP contribution in [0, 0.1) is 0 Å². The highest BCUT2D eigenvalue weighted by Gasteiger charge is 2.37. The molecule has 0 aromatic carbocycles. The minimum absolute atomic E-state index is 0.109. The molecule has 0 spiro atoms. The minimum atomic E-state index is -2.63. The highest BCUT2D eigenvalue weighted by atomic mass is 19.3. The number of nitrogens with zero attached hydrogens (tertiary/aromatic N) is 7. The number of H-pyrrole nitrogens is 2. The van der Waals surface area contributed by atoms with Gasteiger partial charge in [0, 0.05) is 55.4 Å². The number of aromatic amines is 2. The fraction of sp³-hybridized carbons (Fsp3) is 0.185. The second-order valence-corrected chi connectivity index (χ2v) is 9.42. The highest BCUT2D eigenvalue weighted by molar-refractivity contribution is 5.94. The Morgan fingerprint density at radius 2 is 1.92 bits per heavy atom. The standard InChI is InChI=1S/C27H21F2N9/c28-27(29)7-10-38(15-27)14-16-11-17(13-30-12-16)19-4-5-21-23(33-19)24(37-36-21)26-34-22-18(6-9-32-25(22)35-26)20-3-1-2-8-31-20/h1-6,8-9,11-13H,7,10,14-15H2,(H,36,37)(H,32,34,35). The van der Waals surface area contributed by atoms with Crippen LogP contribution in [-0.4, -0.2) is 64.0 Å². The zero-order valence-corrected chi connectivity index (χ0v) is 20.1. The third-order valence-electron chi connectivity index (χ3n) is 6.71. The summed E-state index contributed by atoms with van der Waals surface area (Å²) in [6.45, 7) is 0.558. The van der Waals surface area contributed by atoms with E-state index in [4.69, 9.17) is 4.98 Å². The molecule has 1 fully saturated rings. The smallest absolute Gasteiger partial charge is 0.261 e. The van der Waals surface area contributed by atoms with E-state index in [9.17, 15) is 8.78 Å². The van der Waals surface area contributed by atoms with E-state index in [0.717, 1.165) is 33.4 Å². The number of imidazole rings is 1. The summed E-state index contributed by atoms with van der Waals surface area (Å²) >= 11 is 0. The minimum Gasteiger partial charge on any atom is -0.335 e. The summed E-state index contributed by atoms with van der Waals surface area (Å²) in [5.74, 6) is -2.09. The van der Waals surface area contributed by atoms with Crippen LogP contribution in [0.15, 0.2) is 67.3 Å². The predicted molar refractivity (Wildman–Crippen MR) is 138 cm³/mol. The van der Waals surface area contributed by atoms with Crippen LogP contribution in [0.25, 0.3) is 56.2 Å². The van der Waals surface area contributed by atoms with E-state index < -0.39 is 5.92 Å². The number of nitrogens with one attached hydrogen (secondary N) is 2. The largest absolute Gasteiger partial charge is 0.335 e. The van der Waals surface area contributed by atoms with Crippen LogP contribution >= 0.6 is 0 Å². The van der Waals surface area contributed by atoms with Crippen LogP contribution in [0.3, 0.4) is 0 Å². The molecule has 9 nitrogen and oxygen atoms in total. The number of hydrogen-bond donors (Lipinski definition) is 2. The Morgan fingerprint density at radius 1 is 0.974 bits per heavy atom. The zero-order chi connectivity index (χ0) is 25.7. The van der Waals surface area contributed by atoms with E-state index in [-0.39, 0.29) is 13.0 Å². The van der Waals surface area contributed by atoms with Gasteiger partial charge in [-0.1, -0.05) is 6.07 Å². The van der Waals surface area contributed by atoms with Crippen molar-refractivity contribution in [2.24, 2.45) is 0 Å². The van der Waals surface area contributed by atoms with E-state index in [1.54, 1.807) is 29.7 Å². The first-order valence-electron chi connectivity index (χ1n) is 12.2. The number of hydrogen-bond acceptors (Lipinski definition) is 7. The highest BCUT2D eigenvalue weighted by Crippen LogP contribution is 2.31. The molecule has 0 saturated carbocycles. The summed E-state index contributed by atoms with van der Waals surface area (Å²) in [5, 5.41) is 7.50. The van der Waals surface area contributed by atoms with Crippen molar-refractivity contribution < 1.29 is 8.78 Å². The molecule has 11 heteroatoms. The molecular formula is C27H21F2N9. The van der Waals surface area contributed by atoms with Gasteiger partial charge in [0.05, 0.1) is 29.0 Å². The first-order chi connectivity index (χ1) is 18.5. The monoisotopic (exact) mass is 509 g/mol. The van der Waals surface area contributed by atoms with Gasteiger partial charge in [0.1, 0.15) is 5.52 Å². The van der Waals surface area contributed by atoms with Gasteiger partial charge in [-0.15, -0.1) is 0 Å². The van der Waals surface area contributed by atoms with Crippen LogP contribution in [0.1, 0.15) is 12.0 Å². The second-order valence-electron chi connectivity index (χ2n) is 9.42. The van der Waals surface area contributed by atoms with Gasteiger partial charge in [0.25, 0.3) is 5.92 Å². The third kappa shape index (κ3) is 4.06. The number of aromatic nitrogens is 8. The van der Waals surface area contributed by atoms with Gasteiger partial charge in [0.2, 0.25) is 0 Å². The molecule has 0 bridgehead atoms. The fourth-order valence-electron chi connectivity index (χ4n) is 4.90. The first-order valence-corrected chi connectivity index (χ1v) is 12.2. The summed E-state index contributed by atoms with van der Waals surface area (Å²) in [4.78, 5) is 27.9. The Hall–Kier alpha value is -4.64. The van der Waals surface area contributed by atoms with Gasteiger partial charge in [0.15, 0.2) is 17.2 Å². The van der Waals surface area contributed by atoms with Gasteiger partial charge >= 0.3 is 0 Å². The van der Waals surface area contributed by atoms with Crippen LogP contribution in [0.5, 0.6) is 0 Å². The van der Waals surface area contributed by atoms with Crippen LogP contribution in [0.2, 0.25) is 0 Å². The van der Waals surface area contributed by atoms with Crippen LogP contribution in [-0.2, 0) is 6.54 Å². The summed E-state index contributed by atoms with van der Waals surface area (Å²) in [6.07, 6.45) is 6.78. The lowest BCUT2D eigenvalue weighted by Crippen LogP contribution is -2.24. The normalized spacial score (nSPS) is 15.5. The molecule has 1 aliphatic rings. The summed E-state index contributed by atoms with van der Waals surface area (Å²) in [5.41, 5.74) is 7.34. The molecule has 0 unspecified atom stereocenters. The average Bonchev–Trinajstić information content (AvgIpc) is 3.64. The molecule has 7 rings (SSSR count). The molecule has 6 aromatic heterocycles. The number of likely N-dealkylation sites (tertiary alicyclic amines) is 1. The lowest BCUT2D eigenvalue weighted by Gasteiger charge is -2.15. The van der Waals surface area contributed by atoms with E-state index >= 15 is 0 Å². The Morgan fingerprint density at radius 3 is 2.76 bits per heavy atom. The van der Waals surface area contributed by atoms with Crippen molar-refractivity contribution in [3.8, 4) is 34.0 Å². The molecule has 0 aliphatic carbocycles. The van der Waals surface area contributed by atoms with Gasteiger partial charge in [-0.25, -0.2) is 23.7 Å². The van der Waals surface area contributed by atoms with Crippen molar-refractivity contribution in [1.82, 2.24) is 45.0 Å². The number of rotatable bonds is 5. The van der Waals surface area contributed by atoms with Crippen molar-refractivity contribution in [3.63, 3.8) is 0 Å². The number of alkyl halides is 2. The zero-order valence-electron chi connectivity index (χ0n) is 20.1. The molecule has 6 aromatic rings. The number of pyridine rings is 4. The van der Waals surface area contributed by atoms with Crippen molar-refractivity contribution in [2.75, 3.05) is 13.1 Å². The van der Waals surface area contributed by atoms with E-state index in [1.807, 2.05) is 42.5 Å². The molecule has 1 aliphatic heterocycles. The fourth-order valence-corrected chi connectivity index (χ4v) is 4.90. The first kappa shape index (κ1) is 22.5. The molecule has 188 valence electrons. The SMILES string of the molecule is FC1(F)CCN(Cc2cncc(-c3ccc4[nH]nc(-c5nc6nccc(-c7ccccn7)c6[nH]5)c4n3)c2)C1. The van der Waals surface area contributed by atoms with Crippen molar-refractivity contribution in [1.29, 1.82) is 0 Å². The van der Waals surface area contributed by atoms with E-state index in [2.05, 4.69) is 35.1 Å². The quantitative estimate of drug-likeness (QED) is 0.341. The Labute approximate surface area is 215 Å². The Bertz CT molecular complexity index is 1780.